The average molecular weight is 357 g/mol. The van der Waals surface area contributed by atoms with Crippen molar-refractivity contribution in [1.29, 1.82) is 0 Å². The molecule has 0 saturated heterocycles. The molecular weight excluding hydrogens is 338 g/mol. The lowest BCUT2D eigenvalue weighted by Gasteiger charge is -2.14. The van der Waals surface area contributed by atoms with E-state index in [-0.39, 0.29) is 6.61 Å². The minimum absolute atomic E-state index is 0.0418. The van der Waals surface area contributed by atoms with E-state index in [1.54, 1.807) is 42.5 Å². The minimum atomic E-state index is -1.59. The largest absolute Gasteiger partial charge is 0.445 e. The molecule has 2 aromatic rings. The summed E-state index contributed by atoms with van der Waals surface area (Å²) in [6.07, 6.45) is -2.41. The lowest BCUT2D eigenvalue weighted by Crippen LogP contribution is -2.41. The lowest BCUT2D eigenvalue weighted by atomic mass is 10.1. The van der Waals surface area contributed by atoms with Crippen LogP contribution in [0.2, 0.25) is 0 Å². The van der Waals surface area contributed by atoms with E-state index in [0.29, 0.717) is 5.56 Å². The van der Waals surface area contributed by atoms with Crippen molar-refractivity contribution in [2.24, 2.45) is 0 Å². The van der Waals surface area contributed by atoms with E-state index < -0.39 is 30.2 Å². The normalized spacial score (nSPS) is 12.5. The van der Waals surface area contributed by atoms with Gasteiger partial charge in [-0.15, -0.1) is 0 Å². The Morgan fingerprint density at radius 2 is 1.54 bits per heavy atom. The van der Waals surface area contributed by atoms with Crippen molar-refractivity contribution in [3.8, 4) is 0 Å². The van der Waals surface area contributed by atoms with Gasteiger partial charge in [-0.25, -0.2) is 14.4 Å². The molecule has 0 bridgehead atoms. The highest BCUT2D eigenvalue weighted by Crippen LogP contribution is 2.14. The Balaban J connectivity index is 1.79. The Morgan fingerprint density at radius 1 is 0.962 bits per heavy atom. The summed E-state index contributed by atoms with van der Waals surface area (Å²) in [7, 11) is 0. The van der Waals surface area contributed by atoms with Crippen LogP contribution < -0.4 is 5.32 Å². The van der Waals surface area contributed by atoms with Crippen LogP contribution in [0.5, 0.6) is 0 Å². The van der Waals surface area contributed by atoms with Crippen molar-refractivity contribution in [1.82, 2.24) is 5.32 Å². The van der Waals surface area contributed by atoms with Gasteiger partial charge in [-0.1, -0.05) is 60.7 Å². The number of nitrogens with one attached hydrogen (secondary N) is 1. The van der Waals surface area contributed by atoms with E-state index >= 15 is 0 Å². The number of ether oxygens (including phenoxy) is 2. The maximum absolute atomic E-state index is 11.9. The van der Waals surface area contributed by atoms with E-state index in [0.717, 1.165) is 5.56 Å². The molecule has 0 aliphatic carbocycles. The first-order valence-corrected chi connectivity index (χ1v) is 7.93. The number of rotatable bonds is 6. The van der Waals surface area contributed by atoms with Crippen LogP contribution in [0.3, 0.4) is 0 Å². The fourth-order valence-corrected chi connectivity index (χ4v) is 2.02. The number of hydrogen-bond acceptors (Lipinski definition) is 6. The zero-order chi connectivity index (χ0) is 18.9. The number of aliphatic hydroxyl groups excluding tert-OH is 1. The molecule has 2 rings (SSSR count). The summed E-state index contributed by atoms with van der Waals surface area (Å²) in [5, 5.41) is 12.1. The fourth-order valence-electron chi connectivity index (χ4n) is 2.02. The van der Waals surface area contributed by atoms with Crippen LogP contribution in [0.1, 0.15) is 24.2 Å². The third-order valence-electron chi connectivity index (χ3n) is 3.44. The summed E-state index contributed by atoms with van der Waals surface area (Å²) in [6.45, 7) is 1.38. The van der Waals surface area contributed by atoms with Crippen LogP contribution in [0.25, 0.3) is 0 Å². The second kappa shape index (κ2) is 9.33. The molecule has 0 radical (unpaired) electrons. The molecule has 2 atom stereocenters. The Bertz CT molecular complexity index is 747. The maximum atomic E-state index is 11.9. The van der Waals surface area contributed by atoms with E-state index in [2.05, 4.69) is 10.1 Å². The van der Waals surface area contributed by atoms with Gasteiger partial charge in [0.05, 0.1) is 0 Å². The first kappa shape index (κ1) is 19.1. The summed E-state index contributed by atoms with van der Waals surface area (Å²) >= 11 is 0. The highest BCUT2D eigenvalue weighted by atomic mass is 16.6. The molecule has 7 heteroatoms. The Kier molecular flexibility index (Phi) is 6.87. The highest BCUT2D eigenvalue weighted by molar-refractivity contribution is 5.92. The molecule has 0 saturated carbocycles. The summed E-state index contributed by atoms with van der Waals surface area (Å²) in [5.74, 6) is -2.12. The van der Waals surface area contributed by atoms with Crippen molar-refractivity contribution in [3.63, 3.8) is 0 Å². The molecular formula is C19H19NO6. The van der Waals surface area contributed by atoms with E-state index in [1.807, 2.05) is 6.07 Å². The first-order valence-electron chi connectivity index (χ1n) is 7.93. The van der Waals surface area contributed by atoms with Crippen molar-refractivity contribution >= 4 is 18.0 Å². The van der Waals surface area contributed by atoms with Gasteiger partial charge >= 0.3 is 18.0 Å². The van der Waals surface area contributed by atoms with Crippen LogP contribution in [0, 0.1) is 0 Å². The molecule has 0 spiro atoms. The summed E-state index contributed by atoms with van der Waals surface area (Å²) in [6, 6.07) is 16.0. The molecule has 136 valence electrons. The van der Waals surface area contributed by atoms with Gasteiger partial charge < -0.3 is 19.9 Å². The Morgan fingerprint density at radius 3 is 2.15 bits per heavy atom. The van der Waals surface area contributed by atoms with Crippen molar-refractivity contribution in [2.75, 3.05) is 0 Å². The van der Waals surface area contributed by atoms with Gasteiger partial charge in [-0.05, 0) is 18.1 Å². The highest BCUT2D eigenvalue weighted by Gasteiger charge is 2.26. The SMILES string of the molecule is C[C@@H](NC(=O)OCc1ccccc1)C(=O)OC(=O)[C@@H](O)c1ccccc1. The smallest absolute Gasteiger partial charge is 0.408 e. The second-order valence-electron chi connectivity index (χ2n) is 5.48. The van der Waals surface area contributed by atoms with Crippen LogP contribution in [0.15, 0.2) is 60.7 Å². The number of aliphatic hydroxyl groups is 1. The van der Waals surface area contributed by atoms with Gasteiger partial charge in [0.25, 0.3) is 0 Å². The van der Waals surface area contributed by atoms with E-state index in [9.17, 15) is 19.5 Å². The molecule has 0 heterocycles. The molecule has 0 aromatic heterocycles. The van der Waals surface area contributed by atoms with Gasteiger partial charge in [-0.2, -0.15) is 0 Å². The van der Waals surface area contributed by atoms with Crippen molar-refractivity contribution in [3.05, 3.63) is 71.8 Å². The number of amides is 1. The summed E-state index contributed by atoms with van der Waals surface area (Å²) in [4.78, 5) is 35.4. The van der Waals surface area contributed by atoms with Crippen molar-refractivity contribution < 1.29 is 29.0 Å². The molecule has 0 unspecified atom stereocenters. The molecule has 7 nitrogen and oxygen atoms in total. The lowest BCUT2D eigenvalue weighted by molar-refractivity contribution is -0.167. The Hall–Kier alpha value is -3.19. The van der Waals surface area contributed by atoms with E-state index in [4.69, 9.17) is 4.74 Å². The molecule has 0 aliphatic heterocycles. The Labute approximate surface area is 150 Å². The van der Waals surface area contributed by atoms with E-state index in [1.165, 1.54) is 19.1 Å². The predicted octanol–water partition coefficient (Wildman–Crippen LogP) is 2.10. The monoisotopic (exact) mass is 357 g/mol. The number of carbonyl (C=O) groups excluding carboxylic acids is 3. The predicted molar refractivity (Wildman–Crippen MR) is 91.7 cm³/mol. The van der Waals surface area contributed by atoms with Crippen LogP contribution in [-0.4, -0.2) is 29.2 Å². The zero-order valence-electron chi connectivity index (χ0n) is 14.1. The van der Waals surface area contributed by atoms with Gasteiger partial charge in [-0.3, -0.25) is 0 Å². The van der Waals surface area contributed by atoms with Crippen molar-refractivity contribution in [2.45, 2.75) is 25.7 Å². The zero-order valence-corrected chi connectivity index (χ0v) is 14.1. The molecule has 2 aromatic carbocycles. The molecule has 1 amide bonds. The molecule has 0 aliphatic rings. The summed E-state index contributed by atoms with van der Waals surface area (Å²) in [5.41, 5.74) is 1.09. The minimum Gasteiger partial charge on any atom is -0.445 e. The topological polar surface area (TPSA) is 102 Å². The summed E-state index contributed by atoms with van der Waals surface area (Å²) < 4.78 is 9.57. The van der Waals surface area contributed by atoms with Gasteiger partial charge in [0.1, 0.15) is 12.6 Å². The first-order chi connectivity index (χ1) is 12.5. The second-order valence-corrected chi connectivity index (χ2v) is 5.48. The number of carbonyl (C=O) groups is 3. The number of esters is 2. The van der Waals surface area contributed by atoms with Crippen LogP contribution in [0.4, 0.5) is 4.79 Å². The third-order valence-corrected chi connectivity index (χ3v) is 3.44. The van der Waals surface area contributed by atoms with Gasteiger partial charge in [0, 0.05) is 0 Å². The van der Waals surface area contributed by atoms with Gasteiger partial charge in [0.15, 0.2) is 6.10 Å². The molecule has 26 heavy (non-hydrogen) atoms. The van der Waals surface area contributed by atoms with Gasteiger partial charge in [0.2, 0.25) is 0 Å². The van der Waals surface area contributed by atoms with Crippen LogP contribution in [-0.2, 0) is 25.7 Å². The number of benzene rings is 2. The molecule has 2 N–H and O–H groups in total. The molecule has 0 fully saturated rings. The average Bonchev–Trinajstić information content (AvgIpc) is 2.67. The van der Waals surface area contributed by atoms with Crippen LogP contribution >= 0.6 is 0 Å². The fraction of sp³-hybridized carbons (Fsp3) is 0.211. The standard InChI is InChI=1S/C19H19NO6/c1-13(20-19(24)25-12-14-8-4-2-5-9-14)17(22)26-18(23)16(21)15-10-6-3-7-11-15/h2-11,13,16,21H,12H2,1H3,(H,20,24)/t13-,16+/m1/s1. The quantitative estimate of drug-likeness (QED) is 0.606. The number of hydrogen-bond donors (Lipinski definition) is 2. The third kappa shape index (κ3) is 5.71. The maximum Gasteiger partial charge on any atom is 0.408 e. The number of alkyl carbamates (subject to hydrolysis) is 1.